The van der Waals surface area contributed by atoms with Crippen LogP contribution in [0.15, 0.2) is 0 Å². The zero-order chi connectivity index (χ0) is 19.2. The molecule has 0 rings (SSSR count). The Kier molecular flexibility index (Phi) is 12.7. The second kappa shape index (κ2) is 13.6. The van der Waals surface area contributed by atoms with Crippen LogP contribution in [0.3, 0.4) is 0 Å². The molecule has 0 aliphatic rings. The Morgan fingerprint density at radius 3 is 1.16 bits per heavy atom. The molecule has 0 aromatic heterocycles. The molecule has 10 heteroatoms. The first kappa shape index (κ1) is 23.3. The maximum atomic E-state index is 10.9. The molecule has 4 radical (unpaired) electrons. The first-order valence-electron chi connectivity index (χ1n) is 7.81. The fourth-order valence-corrected chi connectivity index (χ4v) is 4.15. The number of rotatable bonds is 12. The molecule has 0 unspecified atom stereocenters. The molecule has 0 saturated carbocycles. The summed E-state index contributed by atoms with van der Waals surface area (Å²) in [5, 5.41) is 0. The largest absolute Gasteiger partial charge is 0.426 e. The quantitative estimate of drug-likeness (QED) is 0.214. The minimum Gasteiger partial charge on any atom is -0.426 e. The number of esters is 4. The lowest BCUT2D eigenvalue weighted by atomic mass is 10.6. The minimum absolute atomic E-state index is 0.478. The second-order valence-electron chi connectivity index (χ2n) is 5.06. The van der Waals surface area contributed by atoms with Gasteiger partial charge in [0.2, 0.25) is 12.6 Å². The molecule has 0 aromatic carbocycles. The Hall–Kier alpha value is -1.69. The molecule has 0 amide bonds. The van der Waals surface area contributed by atoms with Crippen molar-refractivity contribution in [3.63, 3.8) is 0 Å². The summed E-state index contributed by atoms with van der Waals surface area (Å²) < 4.78 is 19.7. The Morgan fingerprint density at radius 1 is 0.640 bits per heavy atom. The summed E-state index contributed by atoms with van der Waals surface area (Å²) in [5.74, 6) is -1.95. The van der Waals surface area contributed by atoms with Crippen LogP contribution in [0, 0.1) is 0 Å². The zero-order valence-electron chi connectivity index (χ0n) is 15.0. The minimum atomic E-state index is -0.826. The van der Waals surface area contributed by atoms with E-state index in [-0.39, 0.29) is 0 Å². The summed E-state index contributed by atoms with van der Waals surface area (Å²) in [4.78, 5) is 43.8. The van der Waals surface area contributed by atoms with Gasteiger partial charge in [-0.25, -0.2) is 0 Å². The molecule has 0 fully saturated rings. The van der Waals surface area contributed by atoms with Gasteiger partial charge < -0.3 is 18.9 Å². The Balaban J connectivity index is 3.91. The maximum Gasteiger partial charge on any atom is 0.305 e. The first-order valence-corrected chi connectivity index (χ1v) is 10.6. The van der Waals surface area contributed by atoms with Gasteiger partial charge in [-0.1, -0.05) is 18.5 Å². The van der Waals surface area contributed by atoms with E-state index in [0.717, 1.165) is 18.5 Å². The van der Waals surface area contributed by atoms with Crippen molar-refractivity contribution in [1.82, 2.24) is 0 Å². The summed E-state index contributed by atoms with van der Waals surface area (Å²) in [6, 6.07) is 2.76. The number of carbonyl (C=O) groups excluding carboxylic acids is 4. The third-order valence-corrected chi connectivity index (χ3v) is 5.18. The highest BCUT2D eigenvalue weighted by molar-refractivity contribution is 6.37. The van der Waals surface area contributed by atoms with Crippen molar-refractivity contribution < 1.29 is 38.1 Å². The van der Waals surface area contributed by atoms with E-state index in [0.29, 0.717) is 31.1 Å². The third-order valence-electron chi connectivity index (χ3n) is 2.52. The lowest BCUT2D eigenvalue weighted by Gasteiger charge is -2.16. The van der Waals surface area contributed by atoms with Crippen LogP contribution in [-0.4, -0.2) is 55.5 Å². The second-order valence-corrected chi connectivity index (χ2v) is 7.88. The van der Waals surface area contributed by atoms with Crippen LogP contribution in [0.4, 0.5) is 0 Å². The molecular formula is C15H24O8Si2. The summed E-state index contributed by atoms with van der Waals surface area (Å²) in [5.41, 5.74) is 0. The molecular weight excluding hydrogens is 364 g/mol. The van der Waals surface area contributed by atoms with Crippen molar-refractivity contribution in [2.45, 2.75) is 70.9 Å². The van der Waals surface area contributed by atoms with Crippen molar-refractivity contribution >= 4 is 42.9 Å². The van der Waals surface area contributed by atoms with Crippen molar-refractivity contribution in [2.75, 3.05) is 0 Å². The molecule has 0 N–H and O–H groups in total. The highest BCUT2D eigenvalue weighted by Crippen LogP contribution is 2.09. The van der Waals surface area contributed by atoms with Crippen LogP contribution >= 0.6 is 0 Å². The number of hydrogen-bond donors (Lipinski definition) is 0. The number of ether oxygens (including phenoxy) is 4. The Labute approximate surface area is 152 Å². The summed E-state index contributed by atoms with van der Waals surface area (Å²) in [6.45, 7) is 5.07. The maximum absolute atomic E-state index is 10.9. The van der Waals surface area contributed by atoms with E-state index < -0.39 is 36.5 Å². The van der Waals surface area contributed by atoms with Crippen molar-refractivity contribution in [1.29, 1.82) is 0 Å². The molecule has 8 nitrogen and oxygen atoms in total. The van der Waals surface area contributed by atoms with Gasteiger partial charge in [0, 0.05) is 58.8 Å². The zero-order valence-corrected chi connectivity index (χ0v) is 17.0. The summed E-state index contributed by atoms with van der Waals surface area (Å²) >= 11 is 0. The summed E-state index contributed by atoms with van der Waals surface area (Å²) in [7, 11) is 0.978. The van der Waals surface area contributed by atoms with Crippen LogP contribution in [0.1, 0.15) is 34.1 Å². The third kappa shape index (κ3) is 15.6. The van der Waals surface area contributed by atoms with Gasteiger partial charge in [0.15, 0.2) is 0 Å². The Bertz CT molecular complexity index is 383. The molecule has 0 aromatic rings. The van der Waals surface area contributed by atoms with Gasteiger partial charge in [0.25, 0.3) is 0 Å². The van der Waals surface area contributed by atoms with Gasteiger partial charge in [-0.2, -0.15) is 0 Å². The van der Waals surface area contributed by atoms with E-state index in [2.05, 4.69) is 0 Å². The average molecular weight is 389 g/mol. The SMILES string of the molecule is CC(=O)OC(C[Si]CCC[Si]CC(OC(C)=O)OC(C)=O)OC(C)=O. The van der Waals surface area contributed by atoms with E-state index >= 15 is 0 Å². The van der Waals surface area contributed by atoms with Crippen LogP contribution in [0.5, 0.6) is 0 Å². The molecule has 0 aliphatic heterocycles. The van der Waals surface area contributed by atoms with E-state index in [1.807, 2.05) is 0 Å². The molecule has 140 valence electrons. The topological polar surface area (TPSA) is 105 Å². The molecule has 0 saturated heterocycles. The normalized spacial score (nSPS) is 10.5. The van der Waals surface area contributed by atoms with E-state index in [1.165, 1.54) is 27.7 Å². The molecule has 0 heterocycles. The van der Waals surface area contributed by atoms with Crippen molar-refractivity contribution in [3.05, 3.63) is 0 Å². The highest BCUT2D eigenvalue weighted by Gasteiger charge is 2.16. The van der Waals surface area contributed by atoms with Gasteiger partial charge in [0.1, 0.15) is 0 Å². The predicted molar refractivity (Wildman–Crippen MR) is 90.0 cm³/mol. The fourth-order valence-electron chi connectivity index (χ4n) is 1.73. The Morgan fingerprint density at radius 2 is 0.920 bits per heavy atom. The summed E-state index contributed by atoms with van der Waals surface area (Å²) in [6.07, 6.45) is -0.724. The molecule has 0 atom stereocenters. The molecule has 25 heavy (non-hydrogen) atoms. The smallest absolute Gasteiger partial charge is 0.305 e. The number of hydrogen-bond acceptors (Lipinski definition) is 8. The van der Waals surface area contributed by atoms with Gasteiger partial charge in [-0.3, -0.25) is 19.2 Å². The van der Waals surface area contributed by atoms with Crippen LogP contribution in [0.2, 0.25) is 24.2 Å². The van der Waals surface area contributed by atoms with Gasteiger partial charge >= 0.3 is 23.9 Å². The van der Waals surface area contributed by atoms with Crippen LogP contribution in [-0.2, 0) is 38.1 Å². The van der Waals surface area contributed by atoms with E-state index in [9.17, 15) is 19.2 Å². The van der Waals surface area contributed by atoms with E-state index in [4.69, 9.17) is 18.9 Å². The average Bonchev–Trinajstić information content (AvgIpc) is 2.43. The molecule has 0 bridgehead atoms. The number of carbonyl (C=O) groups is 4. The van der Waals surface area contributed by atoms with Crippen LogP contribution in [0.25, 0.3) is 0 Å². The lowest BCUT2D eigenvalue weighted by molar-refractivity contribution is -0.183. The van der Waals surface area contributed by atoms with Gasteiger partial charge in [0.05, 0.1) is 0 Å². The molecule has 0 aliphatic carbocycles. The highest BCUT2D eigenvalue weighted by atomic mass is 28.2. The fraction of sp³-hybridized carbons (Fsp3) is 0.733. The monoisotopic (exact) mass is 388 g/mol. The first-order chi connectivity index (χ1) is 11.7. The lowest BCUT2D eigenvalue weighted by Crippen LogP contribution is -2.24. The molecule has 0 spiro atoms. The van der Waals surface area contributed by atoms with E-state index in [1.54, 1.807) is 0 Å². The van der Waals surface area contributed by atoms with Crippen molar-refractivity contribution in [2.24, 2.45) is 0 Å². The standard InChI is InChI=1S/C15H24O8Si2/c1-10(16)20-14(21-11(2)17)8-24-6-5-7-25-9-15(22-12(3)18)23-13(4)19/h14-15H,5-9H2,1-4H3. The van der Waals surface area contributed by atoms with Gasteiger partial charge in [-0.15, -0.1) is 0 Å². The van der Waals surface area contributed by atoms with Crippen molar-refractivity contribution in [3.8, 4) is 0 Å². The van der Waals surface area contributed by atoms with Gasteiger partial charge in [-0.05, 0) is 0 Å². The van der Waals surface area contributed by atoms with Crippen LogP contribution < -0.4 is 0 Å². The predicted octanol–water partition coefficient (Wildman–Crippen LogP) is 1.36.